The summed E-state index contributed by atoms with van der Waals surface area (Å²) in [6, 6.07) is 6.68. The van der Waals surface area contributed by atoms with E-state index in [4.69, 9.17) is 4.74 Å². The van der Waals surface area contributed by atoms with Crippen LogP contribution in [0.1, 0.15) is 0 Å². The number of aromatic nitrogens is 1. The number of fused-ring (bicyclic) bond motifs is 1. The van der Waals surface area contributed by atoms with Gasteiger partial charge in [0.05, 0.1) is 12.0 Å². The molecule has 2 aromatic rings. The van der Waals surface area contributed by atoms with Crippen molar-refractivity contribution in [2.24, 2.45) is 0 Å². The highest BCUT2D eigenvalue weighted by atomic mass is 16.5. The van der Waals surface area contributed by atoms with Gasteiger partial charge in [0.15, 0.2) is 0 Å². The second-order valence-electron chi connectivity index (χ2n) is 3.55. The summed E-state index contributed by atoms with van der Waals surface area (Å²) < 4.78 is 6.50. The van der Waals surface area contributed by atoms with E-state index in [0.29, 0.717) is 23.9 Å². The number of hydrogen-bond donors (Lipinski definition) is 1. The Hall–Kier alpha value is -1.81. The minimum atomic E-state index is -0.106. The topological polar surface area (TPSA) is 51.5 Å². The van der Waals surface area contributed by atoms with E-state index >= 15 is 0 Å². The molecule has 1 N–H and O–H groups in total. The number of methoxy groups -OCH3 is 1. The maximum Gasteiger partial charge on any atom is 0.258 e. The van der Waals surface area contributed by atoms with Crippen LogP contribution in [0.4, 0.5) is 0 Å². The molecule has 2 rings (SSSR count). The Kier molecular flexibility index (Phi) is 2.92. The molecule has 0 saturated carbocycles. The summed E-state index contributed by atoms with van der Waals surface area (Å²) in [5, 5.41) is 10.7. The van der Waals surface area contributed by atoms with E-state index in [1.807, 2.05) is 0 Å². The second kappa shape index (κ2) is 4.37. The van der Waals surface area contributed by atoms with E-state index in [9.17, 15) is 9.90 Å². The number of benzene rings is 1. The fourth-order valence-corrected chi connectivity index (χ4v) is 1.67. The fraction of sp³-hybridized carbons (Fsp3) is 0.250. The fourth-order valence-electron chi connectivity index (χ4n) is 1.67. The Labute approximate surface area is 92.7 Å². The van der Waals surface area contributed by atoms with Gasteiger partial charge in [-0.25, -0.2) is 0 Å². The molecule has 16 heavy (non-hydrogen) atoms. The summed E-state index contributed by atoms with van der Waals surface area (Å²) >= 11 is 0. The molecule has 4 nitrogen and oxygen atoms in total. The van der Waals surface area contributed by atoms with Gasteiger partial charge in [0.2, 0.25) is 0 Å². The summed E-state index contributed by atoms with van der Waals surface area (Å²) in [7, 11) is 1.60. The second-order valence-corrected chi connectivity index (χ2v) is 3.55. The van der Waals surface area contributed by atoms with Crippen LogP contribution < -0.4 is 5.56 Å². The molecule has 0 aliphatic heterocycles. The van der Waals surface area contributed by atoms with Gasteiger partial charge in [-0.15, -0.1) is 0 Å². The van der Waals surface area contributed by atoms with Gasteiger partial charge >= 0.3 is 0 Å². The molecule has 1 heterocycles. The number of pyridine rings is 1. The van der Waals surface area contributed by atoms with Crippen molar-refractivity contribution in [2.45, 2.75) is 6.54 Å². The molecular weight excluding hydrogens is 206 g/mol. The van der Waals surface area contributed by atoms with Crippen molar-refractivity contribution in [1.82, 2.24) is 4.57 Å². The Morgan fingerprint density at radius 2 is 2.12 bits per heavy atom. The van der Waals surface area contributed by atoms with Crippen molar-refractivity contribution in [1.29, 1.82) is 0 Å². The maximum atomic E-state index is 12.0. The predicted octanol–water partition coefficient (Wildman–Crippen LogP) is 1.35. The highest BCUT2D eigenvalue weighted by Gasteiger charge is 2.04. The zero-order valence-electron chi connectivity index (χ0n) is 9.01. The van der Waals surface area contributed by atoms with Crippen LogP contribution in [0.3, 0.4) is 0 Å². The lowest BCUT2D eigenvalue weighted by atomic mass is 10.1. The molecule has 84 valence electrons. The summed E-state index contributed by atoms with van der Waals surface area (Å²) in [6.07, 6.45) is 1.67. The molecule has 0 spiro atoms. The number of phenols is 1. The van der Waals surface area contributed by atoms with Gasteiger partial charge in [0, 0.05) is 25.2 Å². The van der Waals surface area contributed by atoms with Crippen LogP contribution in [0.15, 0.2) is 35.3 Å². The van der Waals surface area contributed by atoms with E-state index in [1.54, 1.807) is 42.1 Å². The highest BCUT2D eigenvalue weighted by Crippen LogP contribution is 2.20. The van der Waals surface area contributed by atoms with Gasteiger partial charge in [-0.05, 0) is 18.2 Å². The highest BCUT2D eigenvalue weighted by molar-refractivity contribution is 5.86. The van der Waals surface area contributed by atoms with Crippen molar-refractivity contribution in [2.75, 3.05) is 13.7 Å². The number of hydrogen-bond acceptors (Lipinski definition) is 3. The van der Waals surface area contributed by atoms with E-state index in [-0.39, 0.29) is 11.3 Å². The third-order valence-corrected chi connectivity index (χ3v) is 2.53. The van der Waals surface area contributed by atoms with E-state index in [2.05, 4.69) is 0 Å². The van der Waals surface area contributed by atoms with Gasteiger partial charge in [-0.1, -0.05) is 6.07 Å². The molecular formula is C12H13NO3. The van der Waals surface area contributed by atoms with Crippen LogP contribution in [0.2, 0.25) is 0 Å². The quantitative estimate of drug-likeness (QED) is 0.847. The van der Waals surface area contributed by atoms with Gasteiger partial charge in [-0.2, -0.15) is 0 Å². The average Bonchev–Trinajstić information content (AvgIpc) is 2.29. The van der Waals surface area contributed by atoms with Crippen LogP contribution in [0.25, 0.3) is 10.8 Å². The standard InChI is InChI=1S/C12H13NO3/c1-16-8-7-13-6-5-9-10(12(13)15)3-2-4-11(9)14/h2-6,14H,7-8H2,1H3. The molecule has 0 amide bonds. The smallest absolute Gasteiger partial charge is 0.258 e. The van der Waals surface area contributed by atoms with Crippen molar-refractivity contribution < 1.29 is 9.84 Å². The number of nitrogens with zero attached hydrogens (tertiary/aromatic N) is 1. The zero-order valence-corrected chi connectivity index (χ0v) is 9.01. The van der Waals surface area contributed by atoms with Crippen LogP contribution in [-0.2, 0) is 11.3 Å². The Bertz CT molecular complexity index is 560. The van der Waals surface area contributed by atoms with Crippen LogP contribution in [0, 0.1) is 0 Å². The lowest BCUT2D eigenvalue weighted by molar-refractivity contribution is 0.186. The maximum absolute atomic E-state index is 12.0. The molecule has 0 saturated heterocycles. The Morgan fingerprint density at radius 3 is 2.88 bits per heavy atom. The summed E-state index contributed by atoms with van der Waals surface area (Å²) in [4.78, 5) is 12.0. The monoisotopic (exact) mass is 219 g/mol. The SMILES string of the molecule is COCCn1ccc2c(O)cccc2c1=O. The average molecular weight is 219 g/mol. The minimum Gasteiger partial charge on any atom is -0.507 e. The predicted molar refractivity (Wildman–Crippen MR) is 61.7 cm³/mol. The number of rotatable bonds is 3. The minimum absolute atomic E-state index is 0.106. The molecule has 0 aliphatic carbocycles. The van der Waals surface area contributed by atoms with Crippen LogP contribution in [0.5, 0.6) is 5.75 Å². The Balaban J connectivity index is 2.57. The van der Waals surface area contributed by atoms with Gasteiger partial charge in [0.25, 0.3) is 5.56 Å². The van der Waals surface area contributed by atoms with Gasteiger partial charge in [0.1, 0.15) is 5.75 Å². The zero-order chi connectivity index (χ0) is 11.5. The molecule has 1 aromatic carbocycles. The van der Waals surface area contributed by atoms with Gasteiger partial charge in [-0.3, -0.25) is 4.79 Å². The number of ether oxygens (including phenoxy) is 1. The van der Waals surface area contributed by atoms with Crippen molar-refractivity contribution >= 4 is 10.8 Å². The van der Waals surface area contributed by atoms with Crippen LogP contribution >= 0.6 is 0 Å². The van der Waals surface area contributed by atoms with Crippen molar-refractivity contribution in [3.05, 3.63) is 40.8 Å². The summed E-state index contributed by atoms with van der Waals surface area (Å²) in [5.74, 6) is 0.133. The molecule has 0 aliphatic rings. The lowest BCUT2D eigenvalue weighted by Gasteiger charge is -2.07. The molecule has 0 unspecified atom stereocenters. The largest absolute Gasteiger partial charge is 0.507 e. The van der Waals surface area contributed by atoms with E-state index < -0.39 is 0 Å². The van der Waals surface area contributed by atoms with Gasteiger partial charge < -0.3 is 14.4 Å². The Morgan fingerprint density at radius 1 is 1.31 bits per heavy atom. The first-order valence-electron chi connectivity index (χ1n) is 5.04. The third kappa shape index (κ3) is 1.79. The normalized spacial score (nSPS) is 10.8. The third-order valence-electron chi connectivity index (χ3n) is 2.53. The molecule has 0 fully saturated rings. The first-order chi connectivity index (χ1) is 7.74. The lowest BCUT2D eigenvalue weighted by Crippen LogP contribution is -2.21. The molecule has 0 atom stereocenters. The first kappa shape index (κ1) is 10.7. The van der Waals surface area contributed by atoms with E-state index in [0.717, 1.165) is 0 Å². The summed E-state index contributed by atoms with van der Waals surface area (Å²) in [6.45, 7) is 1.01. The number of phenolic OH excluding ortho intramolecular Hbond substituents is 1. The van der Waals surface area contributed by atoms with Crippen molar-refractivity contribution in [3.8, 4) is 5.75 Å². The molecule has 0 radical (unpaired) electrons. The summed E-state index contributed by atoms with van der Waals surface area (Å²) in [5.41, 5.74) is -0.106. The first-order valence-corrected chi connectivity index (χ1v) is 5.04. The van der Waals surface area contributed by atoms with Crippen LogP contribution in [-0.4, -0.2) is 23.4 Å². The number of aromatic hydroxyl groups is 1. The molecule has 4 heteroatoms. The van der Waals surface area contributed by atoms with E-state index in [1.165, 1.54) is 0 Å². The molecule has 1 aromatic heterocycles. The van der Waals surface area contributed by atoms with Crippen molar-refractivity contribution in [3.63, 3.8) is 0 Å². The molecule has 0 bridgehead atoms.